The van der Waals surface area contributed by atoms with E-state index in [1.807, 2.05) is 10.9 Å². The monoisotopic (exact) mass is 603 g/mol. The largest absolute Gasteiger partial charge is 0.416 e. The molecule has 0 bridgehead atoms. The summed E-state index contributed by atoms with van der Waals surface area (Å²) in [5.41, 5.74) is 1.57. The molecule has 4 aromatic rings. The maximum absolute atomic E-state index is 13.1. The van der Waals surface area contributed by atoms with Gasteiger partial charge in [0.2, 0.25) is 5.91 Å². The molecule has 228 valence electrons. The van der Waals surface area contributed by atoms with Gasteiger partial charge in [0.05, 0.1) is 18.3 Å². The van der Waals surface area contributed by atoms with Crippen LogP contribution in [0.2, 0.25) is 0 Å². The fraction of sp³-hybridized carbons (Fsp3) is 0.281. The van der Waals surface area contributed by atoms with Crippen LogP contribution in [-0.4, -0.2) is 63.4 Å². The number of nitrogens with zero attached hydrogens (tertiary/aromatic N) is 6. The predicted octanol–water partition coefficient (Wildman–Crippen LogP) is 5.77. The average molecular weight is 604 g/mol. The SMILES string of the molecule is CN(C(=O)c1cccc(/C=C/C(=O)Nc2ccc(-c3cn(CCN4CCCCC4)nn3)cn2)c1)c1cccc(C(F)(F)F)c1. The number of hydrogen-bond acceptors (Lipinski definition) is 6. The van der Waals surface area contributed by atoms with Crippen LogP contribution in [0.25, 0.3) is 17.3 Å². The molecule has 1 aliphatic heterocycles. The lowest BCUT2D eigenvalue weighted by atomic mass is 10.1. The molecule has 2 aromatic carbocycles. The summed E-state index contributed by atoms with van der Waals surface area (Å²) in [4.78, 5) is 33.4. The van der Waals surface area contributed by atoms with E-state index in [1.54, 1.807) is 42.6 Å². The Morgan fingerprint density at radius 2 is 1.80 bits per heavy atom. The molecule has 3 heterocycles. The summed E-state index contributed by atoms with van der Waals surface area (Å²) in [6, 6.07) is 14.5. The van der Waals surface area contributed by atoms with Crippen molar-refractivity contribution in [3.63, 3.8) is 0 Å². The van der Waals surface area contributed by atoms with E-state index < -0.39 is 23.6 Å². The first-order valence-corrected chi connectivity index (χ1v) is 14.3. The van der Waals surface area contributed by atoms with Gasteiger partial charge in [-0.05, 0) is 80.0 Å². The van der Waals surface area contributed by atoms with Crippen molar-refractivity contribution < 1.29 is 22.8 Å². The van der Waals surface area contributed by atoms with Crippen molar-refractivity contribution in [1.82, 2.24) is 24.9 Å². The van der Waals surface area contributed by atoms with Crippen molar-refractivity contribution in [2.75, 3.05) is 36.9 Å². The van der Waals surface area contributed by atoms with Gasteiger partial charge in [-0.2, -0.15) is 13.2 Å². The average Bonchev–Trinajstić information content (AvgIpc) is 3.52. The zero-order chi connectivity index (χ0) is 31.1. The summed E-state index contributed by atoms with van der Waals surface area (Å²) in [5.74, 6) is -0.561. The lowest BCUT2D eigenvalue weighted by Crippen LogP contribution is -2.32. The molecule has 0 saturated carbocycles. The zero-order valence-electron chi connectivity index (χ0n) is 24.2. The minimum atomic E-state index is -4.52. The van der Waals surface area contributed by atoms with Crippen LogP contribution >= 0.6 is 0 Å². The first kappa shape index (κ1) is 30.6. The van der Waals surface area contributed by atoms with Gasteiger partial charge in [-0.25, -0.2) is 4.98 Å². The van der Waals surface area contributed by atoms with E-state index >= 15 is 0 Å². The van der Waals surface area contributed by atoms with E-state index in [-0.39, 0.29) is 11.3 Å². The number of anilines is 2. The predicted molar refractivity (Wildman–Crippen MR) is 162 cm³/mol. The second kappa shape index (κ2) is 13.6. The van der Waals surface area contributed by atoms with Crippen LogP contribution in [0.4, 0.5) is 24.7 Å². The molecule has 0 radical (unpaired) electrons. The normalized spacial score (nSPS) is 14.1. The highest BCUT2D eigenvalue weighted by Crippen LogP contribution is 2.31. The smallest absolute Gasteiger partial charge is 0.311 e. The van der Waals surface area contributed by atoms with Crippen LogP contribution < -0.4 is 10.2 Å². The molecule has 0 aliphatic carbocycles. The molecule has 2 aromatic heterocycles. The van der Waals surface area contributed by atoms with Gasteiger partial charge in [-0.15, -0.1) is 5.10 Å². The summed E-state index contributed by atoms with van der Waals surface area (Å²) >= 11 is 0. The Kier molecular flexibility index (Phi) is 9.49. The van der Waals surface area contributed by atoms with Gasteiger partial charge in [0.25, 0.3) is 5.91 Å². The highest BCUT2D eigenvalue weighted by molar-refractivity contribution is 6.06. The number of hydrogen-bond donors (Lipinski definition) is 1. The third-order valence-electron chi connectivity index (χ3n) is 7.37. The Morgan fingerprint density at radius 3 is 2.55 bits per heavy atom. The highest BCUT2D eigenvalue weighted by Gasteiger charge is 2.31. The maximum Gasteiger partial charge on any atom is 0.416 e. The fourth-order valence-corrected chi connectivity index (χ4v) is 4.90. The van der Waals surface area contributed by atoms with Crippen molar-refractivity contribution in [2.24, 2.45) is 0 Å². The molecule has 12 heteroatoms. The van der Waals surface area contributed by atoms with Gasteiger partial charge in [0, 0.05) is 42.7 Å². The Bertz CT molecular complexity index is 1630. The van der Waals surface area contributed by atoms with Crippen LogP contribution in [0.3, 0.4) is 0 Å². The van der Waals surface area contributed by atoms with E-state index in [4.69, 9.17) is 0 Å². The number of rotatable bonds is 9. The molecule has 0 atom stereocenters. The number of carbonyl (C=O) groups is 2. The van der Waals surface area contributed by atoms with Crippen molar-refractivity contribution in [3.8, 4) is 11.3 Å². The first-order chi connectivity index (χ1) is 21.2. The number of halogens is 3. The van der Waals surface area contributed by atoms with Crippen molar-refractivity contribution >= 4 is 29.4 Å². The van der Waals surface area contributed by atoms with Gasteiger partial charge >= 0.3 is 6.18 Å². The van der Waals surface area contributed by atoms with Gasteiger partial charge < -0.3 is 15.1 Å². The topological polar surface area (TPSA) is 96.2 Å². The quantitative estimate of drug-likeness (QED) is 0.244. The van der Waals surface area contributed by atoms with Crippen LogP contribution in [-0.2, 0) is 17.5 Å². The number of nitrogens with one attached hydrogen (secondary N) is 1. The molecule has 0 unspecified atom stereocenters. The minimum absolute atomic E-state index is 0.112. The summed E-state index contributed by atoms with van der Waals surface area (Å²) < 4.78 is 41.1. The van der Waals surface area contributed by atoms with Crippen molar-refractivity contribution in [1.29, 1.82) is 0 Å². The molecular formula is C32H32F3N7O2. The van der Waals surface area contributed by atoms with E-state index in [0.29, 0.717) is 17.1 Å². The molecule has 1 N–H and O–H groups in total. The van der Waals surface area contributed by atoms with Crippen LogP contribution in [0.5, 0.6) is 0 Å². The third-order valence-corrected chi connectivity index (χ3v) is 7.37. The lowest BCUT2D eigenvalue weighted by molar-refractivity contribution is -0.137. The second-order valence-electron chi connectivity index (χ2n) is 10.6. The maximum atomic E-state index is 13.1. The summed E-state index contributed by atoms with van der Waals surface area (Å²) in [6.07, 6.45) is 5.62. The summed E-state index contributed by atoms with van der Waals surface area (Å²) in [7, 11) is 1.41. The molecule has 44 heavy (non-hydrogen) atoms. The van der Waals surface area contributed by atoms with Crippen molar-refractivity contribution in [3.05, 3.63) is 95.8 Å². The molecule has 2 amide bonds. The summed E-state index contributed by atoms with van der Waals surface area (Å²) in [6.45, 7) is 3.97. The number of carbonyl (C=O) groups excluding carboxylic acids is 2. The summed E-state index contributed by atoms with van der Waals surface area (Å²) in [5, 5.41) is 11.2. The van der Waals surface area contributed by atoms with Gasteiger partial charge in [-0.3, -0.25) is 14.3 Å². The van der Waals surface area contributed by atoms with E-state index in [1.165, 1.54) is 50.6 Å². The standard InChI is InChI=1S/C32H32F3N7O2/c1-40(27-10-6-9-26(20-27)32(33,34)35)31(44)24-8-5-7-23(19-24)11-14-30(43)37-29-13-12-25(21-36-29)28-22-42(39-38-28)18-17-41-15-3-2-4-16-41/h5-14,19-22H,2-4,15-18H2,1H3,(H,36,37,43)/b14-11+. The molecular weight excluding hydrogens is 571 g/mol. The van der Waals surface area contributed by atoms with Gasteiger partial charge in [0.15, 0.2) is 0 Å². The van der Waals surface area contributed by atoms with E-state index in [2.05, 4.69) is 25.5 Å². The van der Waals surface area contributed by atoms with E-state index in [0.717, 1.165) is 48.8 Å². The van der Waals surface area contributed by atoms with Crippen LogP contribution in [0.15, 0.2) is 79.1 Å². The minimum Gasteiger partial charge on any atom is -0.311 e. The van der Waals surface area contributed by atoms with Gasteiger partial charge in [0.1, 0.15) is 11.5 Å². The fourth-order valence-electron chi connectivity index (χ4n) is 4.90. The number of piperidine rings is 1. The number of amides is 2. The Morgan fingerprint density at radius 1 is 1.00 bits per heavy atom. The number of aromatic nitrogens is 4. The highest BCUT2D eigenvalue weighted by atomic mass is 19.4. The molecule has 0 spiro atoms. The Hall–Kier alpha value is -4.84. The number of alkyl halides is 3. The van der Waals surface area contributed by atoms with Gasteiger partial charge in [-0.1, -0.05) is 29.8 Å². The number of pyridine rings is 1. The first-order valence-electron chi connectivity index (χ1n) is 14.3. The zero-order valence-corrected chi connectivity index (χ0v) is 24.2. The Labute approximate surface area is 253 Å². The molecule has 5 rings (SSSR count). The van der Waals surface area contributed by atoms with Crippen molar-refractivity contribution in [2.45, 2.75) is 32.0 Å². The molecule has 1 saturated heterocycles. The van der Waals surface area contributed by atoms with Crippen LogP contribution in [0.1, 0.15) is 40.7 Å². The molecule has 1 aliphatic rings. The number of benzene rings is 2. The Balaban J connectivity index is 1.16. The molecule has 1 fully saturated rings. The second-order valence-corrected chi connectivity index (χ2v) is 10.6. The molecule has 9 nitrogen and oxygen atoms in total. The van der Waals surface area contributed by atoms with E-state index in [9.17, 15) is 22.8 Å². The third kappa shape index (κ3) is 7.95. The van der Waals surface area contributed by atoms with Crippen LogP contribution in [0, 0.1) is 0 Å². The number of likely N-dealkylation sites (tertiary alicyclic amines) is 1. The lowest BCUT2D eigenvalue weighted by Gasteiger charge is -2.25.